The number of carbonyl (C=O) groups excluding carboxylic acids is 1. The van der Waals surface area contributed by atoms with Crippen LogP contribution in [0.2, 0.25) is 0 Å². The van der Waals surface area contributed by atoms with E-state index in [0.717, 1.165) is 20.8 Å². The summed E-state index contributed by atoms with van der Waals surface area (Å²) in [4.78, 5) is 33.3. The van der Waals surface area contributed by atoms with E-state index in [2.05, 4.69) is 4.98 Å². The van der Waals surface area contributed by atoms with Gasteiger partial charge in [-0.2, -0.15) is 0 Å². The zero-order valence-corrected chi connectivity index (χ0v) is 16.3. The number of benzene rings is 1. The molecule has 0 N–H and O–H groups in total. The van der Waals surface area contributed by atoms with Crippen molar-refractivity contribution in [1.29, 1.82) is 0 Å². The van der Waals surface area contributed by atoms with Crippen molar-refractivity contribution in [2.45, 2.75) is 39.8 Å². The largest absolute Gasteiger partial charge is 0.339 e. The third-order valence-electron chi connectivity index (χ3n) is 4.98. The molecule has 0 bridgehead atoms. The van der Waals surface area contributed by atoms with E-state index >= 15 is 0 Å². The van der Waals surface area contributed by atoms with Gasteiger partial charge in [0.25, 0.3) is 5.56 Å². The first-order valence-electron chi connectivity index (χ1n) is 8.66. The quantitative estimate of drug-likeness (QED) is 0.689. The molecule has 1 amide bonds. The summed E-state index contributed by atoms with van der Waals surface area (Å²) in [5.74, 6) is 0.00608. The number of aromatic nitrogens is 2. The van der Waals surface area contributed by atoms with Crippen molar-refractivity contribution >= 4 is 27.5 Å². The van der Waals surface area contributed by atoms with Gasteiger partial charge in [-0.1, -0.05) is 30.3 Å². The SMILES string of the molecule is Cc1sc2ncn(CCC(=O)N(C)C(C)c3ccccc3)c(=O)c2c1C. The Balaban J connectivity index is 1.73. The van der Waals surface area contributed by atoms with E-state index < -0.39 is 0 Å². The van der Waals surface area contributed by atoms with Gasteiger partial charge >= 0.3 is 0 Å². The number of thiophene rings is 1. The van der Waals surface area contributed by atoms with Crippen molar-refractivity contribution in [3.05, 3.63) is 63.0 Å². The zero-order valence-electron chi connectivity index (χ0n) is 15.5. The molecule has 0 radical (unpaired) electrons. The normalized spacial score (nSPS) is 12.3. The summed E-state index contributed by atoms with van der Waals surface area (Å²) in [5, 5.41) is 0.674. The lowest BCUT2D eigenvalue weighted by atomic mass is 10.1. The van der Waals surface area contributed by atoms with Gasteiger partial charge < -0.3 is 4.90 Å². The smallest absolute Gasteiger partial charge is 0.262 e. The van der Waals surface area contributed by atoms with Crippen molar-refractivity contribution < 1.29 is 4.79 Å². The highest BCUT2D eigenvalue weighted by Crippen LogP contribution is 2.25. The summed E-state index contributed by atoms with van der Waals surface area (Å²) in [6.45, 7) is 6.28. The van der Waals surface area contributed by atoms with Crippen LogP contribution in [0.15, 0.2) is 41.5 Å². The molecule has 0 aliphatic rings. The number of rotatable bonds is 5. The van der Waals surface area contributed by atoms with Crippen LogP contribution in [0.4, 0.5) is 0 Å². The van der Waals surface area contributed by atoms with Gasteiger partial charge in [0.1, 0.15) is 4.83 Å². The molecule has 136 valence electrons. The minimum atomic E-state index is -0.0663. The van der Waals surface area contributed by atoms with E-state index in [0.29, 0.717) is 11.9 Å². The van der Waals surface area contributed by atoms with E-state index in [9.17, 15) is 9.59 Å². The fraction of sp³-hybridized carbons (Fsp3) is 0.350. The second kappa shape index (κ2) is 7.41. The first-order chi connectivity index (χ1) is 12.4. The summed E-state index contributed by atoms with van der Waals surface area (Å²) in [7, 11) is 1.80. The lowest BCUT2D eigenvalue weighted by Crippen LogP contribution is -2.31. The van der Waals surface area contributed by atoms with Gasteiger partial charge in [0.05, 0.1) is 17.8 Å². The summed E-state index contributed by atoms with van der Waals surface area (Å²) < 4.78 is 1.54. The van der Waals surface area contributed by atoms with Crippen LogP contribution < -0.4 is 5.56 Å². The highest BCUT2D eigenvalue weighted by molar-refractivity contribution is 7.18. The molecule has 2 heterocycles. The number of nitrogens with zero attached hydrogens (tertiary/aromatic N) is 3. The monoisotopic (exact) mass is 369 g/mol. The average molecular weight is 369 g/mol. The molecule has 0 spiro atoms. The van der Waals surface area contributed by atoms with E-state index in [1.807, 2.05) is 51.1 Å². The number of hydrogen-bond acceptors (Lipinski definition) is 4. The van der Waals surface area contributed by atoms with Gasteiger partial charge in [-0.25, -0.2) is 4.98 Å². The van der Waals surface area contributed by atoms with Crippen molar-refractivity contribution in [2.24, 2.45) is 0 Å². The highest BCUT2D eigenvalue weighted by atomic mass is 32.1. The summed E-state index contributed by atoms with van der Waals surface area (Å²) >= 11 is 1.53. The van der Waals surface area contributed by atoms with Crippen molar-refractivity contribution in [2.75, 3.05) is 7.05 Å². The lowest BCUT2D eigenvalue weighted by molar-refractivity contribution is -0.132. The molecule has 1 unspecified atom stereocenters. The van der Waals surface area contributed by atoms with Crippen LogP contribution in [-0.4, -0.2) is 27.4 Å². The molecular formula is C20H23N3O2S. The van der Waals surface area contributed by atoms with Gasteiger partial charge in [-0.3, -0.25) is 14.2 Å². The molecule has 0 saturated heterocycles. The number of fused-ring (bicyclic) bond motifs is 1. The molecule has 3 rings (SSSR count). The molecule has 1 aromatic carbocycles. The minimum absolute atomic E-state index is 0.00608. The second-order valence-electron chi connectivity index (χ2n) is 6.55. The van der Waals surface area contributed by atoms with Gasteiger partial charge in [0.2, 0.25) is 5.91 Å². The van der Waals surface area contributed by atoms with Crippen LogP contribution in [0.3, 0.4) is 0 Å². The van der Waals surface area contributed by atoms with E-state index in [4.69, 9.17) is 0 Å². The Kier molecular flexibility index (Phi) is 5.23. The molecule has 0 aliphatic heterocycles. The van der Waals surface area contributed by atoms with Crippen LogP contribution in [0.5, 0.6) is 0 Å². The second-order valence-corrected chi connectivity index (χ2v) is 7.75. The molecule has 6 heteroatoms. The number of amides is 1. The Morgan fingerprint density at radius 3 is 2.65 bits per heavy atom. The third-order valence-corrected chi connectivity index (χ3v) is 6.09. The lowest BCUT2D eigenvalue weighted by Gasteiger charge is -2.25. The predicted octanol–water partition coefficient (Wildman–Crippen LogP) is 3.68. The molecule has 2 aromatic heterocycles. The van der Waals surface area contributed by atoms with Gasteiger partial charge in [-0.15, -0.1) is 11.3 Å². The Morgan fingerprint density at radius 1 is 1.27 bits per heavy atom. The topological polar surface area (TPSA) is 55.2 Å². The Bertz CT molecular complexity index is 991. The maximum absolute atomic E-state index is 12.7. The fourth-order valence-electron chi connectivity index (χ4n) is 2.99. The molecule has 1 atom stereocenters. The molecule has 3 aromatic rings. The summed E-state index contributed by atoms with van der Waals surface area (Å²) in [6, 6.07) is 9.91. The molecule has 0 aliphatic carbocycles. The number of aryl methyl sites for hydroxylation is 3. The maximum Gasteiger partial charge on any atom is 0.262 e. The molecule has 5 nitrogen and oxygen atoms in total. The van der Waals surface area contributed by atoms with Gasteiger partial charge in [0, 0.05) is 24.9 Å². The highest BCUT2D eigenvalue weighted by Gasteiger charge is 2.18. The van der Waals surface area contributed by atoms with Gasteiger partial charge in [0.15, 0.2) is 0 Å². The Morgan fingerprint density at radius 2 is 1.96 bits per heavy atom. The van der Waals surface area contributed by atoms with E-state index in [1.54, 1.807) is 22.8 Å². The summed E-state index contributed by atoms with van der Waals surface area (Å²) in [6.07, 6.45) is 1.82. The Hall–Kier alpha value is -2.47. The van der Waals surface area contributed by atoms with Crippen molar-refractivity contribution in [3.63, 3.8) is 0 Å². The van der Waals surface area contributed by atoms with E-state index in [1.165, 1.54) is 11.3 Å². The maximum atomic E-state index is 12.7. The van der Waals surface area contributed by atoms with Crippen molar-refractivity contribution in [3.8, 4) is 0 Å². The van der Waals surface area contributed by atoms with Crippen LogP contribution >= 0.6 is 11.3 Å². The molecule has 0 saturated carbocycles. The predicted molar refractivity (Wildman–Crippen MR) is 106 cm³/mol. The molecular weight excluding hydrogens is 346 g/mol. The summed E-state index contributed by atoms with van der Waals surface area (Å²) in [5.41, 5.74) is 2.01. The molecule has 0 fully saturated rings. The van der Waals surface area contributed by atoms with Crippen molar-refractivity contribution in [1.82, 2.24) is 14.5 Å². The van der Waals surface area contributed by atoms with Crippen LogP contribution in [0.1, 0.15) is 35.4 Å². The van der Waals surface area contributed by atoms with Crippen LogP contribution in [0.25, 0.3) is 10.2 Å². The standard InChI is InChI=1S/C20H23N3O2S/c1-13-15(3)26-19-18(13)20(25)23(12-21-19)11-10-17(24)22(4)14(2)16-8-6-5-7-9-16/h5-9,12,14H,10-11H2,1-4H3. The van der Waals surface area contributed by atoms with Crippen LogP contribution in [-0.2, 0) is 11.3 Å². The van der Waals surface area contributed by atoms with Crippen LogP contribution in [0, 0.1) is 13.8 Å². The number of carbonyl (C=O) groups is 1. The fourth-order valence-corrected chi connectivity index (χ4v) is 3.98. The van der Waals surface area contributed by atoms with E-state index in [-0.39, 0.29) is 23.9 Å². The average Bonchev–Trinajstić information content (AvgIpc) is 2.95. The number of hydrogen-bond donors (Lipinski definition) is 0. The first-order valence-corrected chi connectivity index (χ1v) is 9.47. The first kappa shape index (κ1) is 18.3. The Labute approximate surface area is 156 Å². The third kappa shape index (κ3) is 3.42. The zero-order chi connectivity index (χ0) is 18.8. The molecule has 26 heavy (non-hydrogen) atoms. The van der Waals surface area contributed by atoms with Gasteiger partial charge in [-0.05, 0) is 31.9 Å². The minimum Gasteiger partial charge on any atom is -0.339 e.